The smallest absolute Gasteiger partial charge is 0.310 e. The van der Waals surface area contributed by atoms with E-state index < -0.39 is 5.60 Å². The molecule has 0 amide bonds. The molecule has 1 unspecified atom stereocenters. The zero-order valence-corrected chi connectivity index (χ0v) is 15.5. The van der Waals surface area contributed by atoms with Gasteiger partial charge in [0.25, 0.3) is 0 Å². The Hall–Kier alpha value is -2.01. The van der Waals surface area contributed by atoms with Crippen molar-refractivity contribution < 1.29 is 19.0 Å². The first-order chi connectivity index (χ1) is 11.9. The molecule has 136 valence electrons. The van der Waals surface area contributed by atoms with Gasteiger partial charge in [0.05, 0.1) is 24.7 Å². The highest BCUT2D eigenvalue weighted by Gasteiger charge is 2.56. The molecule has 1 aliphatic heterocycles. The molecule has 25 heavy (non-hydrogen) atoms. The molecule has 0 saturated heterocycles. The molecule has 5 nitrogen and oxygen atoms in total. The fraction of sp³-hybridized carbons (Fsp3) is 0.550. The zero-order valence-electron chi connectivity index (χ0n) is 15.5. The lowest BCUT2D eigenvalue weighted by molar-refractivity contribution is -0.142. The van der Waals surface area contributed by atoms with Crippen molar-refractivity contribution in [1.82, 2.24) is 4.90 Å². The highest BCUT2D eigenvalue weighted by molar-refractivity contribution is 5.72. The van der Waals surface area contributed by atoms with E-state index in [2.05, 4.69) is 36.1 Å². The molecule has 0 aromatic carbocycles. The zero-order chi connectivity index (χ0) is 18.1. The molecule has 0 N–H and O–H groups in total. The van der Waals surface area contributed by atoms with Crippen molar-refractivity contribution in [3.8, 4) is 0 Å². The van der Waals surface area contributed by atoms with Crippen molar-refractivity contribution in [1.29, 1.82) is 0 Å². The molecule has 0 radical (unpaired) electrons. The predicted octanol–water partition coefficient (Wildman–Crippen LogP) is 2.96. The average Bonchev–Trinajstić information content (AvgIpc) is 3.15. The number of fused-ring (bicyclic) bond motifs is 2. The van der Waals surface area contributed by atoms with Gasteiger partial charge in [-0.3, -0.25) is 4.79 Å². The maximum atomic E-state index is 11.8. The van der Waals surface area contributed by atoms with Gasteiger partial charge in [0.15, 0.2) is 0 Å². The topological polar surface area (TPSA) is 48.0 Å². The standard InChI is InChI=1S/C20H27NO4/c1-5-23-18(22)10-15-12-20(25-14-15)7-6-16-11-17(13-19(16,20)2)24-9-8-21(3)4/h6-7,11,13-14H,5,8-10,12H2,1-4H3/t19?,20-/m0/s1. The van der Waals surface area contributed by atoms with Gasteiger partial charge < -0.3 is 19.1 Å². The van der Waals surface area contributed by atoms with Gasteiger partial charge in [-0.2, -0.15) is 0 Å². The van der Waals surface area contributed by atoms with Crippen molar-refractivity contribution in [3.05, 3.63) is 47.5 Å². The minimum atomic E-state index is -0.465. The Morgan fingerprint density at radius 2 is 2.20 bits per heavy atom. The van der Waals surface area contributed by atoms with Crippen molar-refractivity contribution in [2.75, 3.05) is 33.9 Å². The molecule has 2 aliphatic carbocycles. The summed E-state index contributed by atoms with van der Waals surface area (Å²) < 4.78 is 17.0. The lowest BCUT2D eigenvalue weighted by Gasteiger charge is -2.37. The number of hydrogen-bond donors (Lipinski definition) is 0. The van der Waals surface area contributed by atoms with Gasteiger partial charge in [0.1, 0.15) is 18.0 Å². The third-order valence-corrected chi connectivity index (χ3v) is 5.15. The minimum absolute atomic E-state index is 0.202. The van der Waals surface area contributed by atoms with Crippen molar-refractivity contribution in [2.24, 2.45) is 5.41 Å². The molecule has 0 aromatic heterocycles. The fourth-order valence-electron chi connectivity index (χ4n) is 3.64. The number of ether oxygens (including phenoxy) is 3. The van der Waals surface area contributed by atoms with Crippen LogP contribution in [0.1, 0.15) is 26.7 Å². The molecular formula is C20H27NO4. The van der Waals surface area contributed by atoms with Crippen LogP contribution in [0.25, 0.3) is 0 Å². The van der Waals surface area contributed by atoms with Crippen LogP contribution < -0.4 is 0 Å². The number of allylic oxidation sites excluding steroid dienone is 2. The third-order valence-electron chi connectivity index (χ3n) is 5.15. The summed E-state index contributed by atoms with van der Waals surface area (Å²) in [6, 6.07) is 0. The Morgan fingerprint density at radius 1 is 1.40 bits per heavy atom. The highest BCUT2D eigenvalue weighted by atomic mass is 16.5. The average molecular weight is 345 g/mol. The van der Waals surface area contributed by atoms with Crippen LogP contribution in [-0.4, -0.2) is 50.3 Å². The van der Waals surface area contributed by atoms with Crippen LogP contribution in [0.2, 0.25) is 0 Å². The van der Waals surface area contributed by atoms with Gasteiger partial charge in [-0.05, 0) is 57.3 Å². The van der Waals surface area contributed by atoms with E-state index in [1.165, 1.54) is 5.57 Å². The molecule has 0 saturated carbocycles. The van der Waals surface area contributed by atoms with E-state index in [4.69, 9.17) is 14.2 Å². The normalized spacial score (nSPS) is 29.4. The second-order valence-corrected chi connectivity index (χ2v) is 7.28. The van der Waals surface area contributed by atoms with Crippen LogP contribution in [0, 0.1) is 5.41 Å². The molecule has 3 aliphatic rings. The van der Waals surface area contributed by atoms with Gasteiger partial charge in [-0.15, -0.1) is 0 Å². The monoisotopic (exact) mass is 345 g/mol. The Kier molecular flexibility index (Phi) is 4.78. The molecule has 1 spiro atoms. The van der Waals surface area contributed by atoms with Crippen molar-refractivity contribution in [2.45, 2.75) is 32.3 Å². The number of likely N-dealkylation sites (N-methyl/N-ethyl adjacent to an activating group) is 1. The molecule has 0 fully saturated rings. The molecule has 3 rings (SSSR count). The Bertz CT molecular complexity index is 673. The second kappa shape index (κ2) is 6.71. The molecule has 5 heteroatoms. The first-order valence-electron chi connectivity index (χ1n) is 8.82. The number of hydrogen-bond acceptors (Lipinski definition) is 5. The molecule has 0 bridgehead atoms. The lowest BCUT2D eigenvalue weighted by atomic mass is 9.72. The van der Waals surface area contributed by atoms with Gasteiger partial charge in [-0.1, -0.05) is 6.08 Å². The highest BCUT2D eigenvalue weighted by Crippen LogP contribution is 2.57. The Balaban J connectivity index is 1.67. The first-order valence-corrected chi connectivity index (χ1v) is 8.82. The summed E-state index contributed by atoms with van der Waals surface area (Å²) in [7, 11) is 4.06. The summed E-state index contributed by atoms with van der Waals surface area (Å²) in [5, 5.41) is 0. The van der Waals surface area contributed by atoms with E-state index in [1.54, 1.807) is 6.26 Å². The molecule has 1 heterocycles. The van der Waals surface area contributed by atoms with E-state index in [0.717, 1.165) is 17.9 Å². The van der Waals surface area contributed by atoms with Crippen LogP contribution in [0.4, 0.5) is 0 Å². The van der Waals surface area contributed by atoms with Crippen LogP contribution >= 0.6 is 0 Å². The van der Waals surface area contributed by atoms with Gasteiger partial charge in [0.2, 0.25) is 0 Å². The molecule has 0 aromatic rings. The SMILES string of the molecule is CCOC(=O)CC1=CO[C@@]2(C=CC3=CC(OCCN(C)C)=CC32C)C1. The Labute approximate surface area is 149 Å². The van der Waals surface area contributed by atoms with Crippen LogP contribution in [0.5, 0.6) is 0 Å². The summed E-state index contributed by atoms with van der Waals surface area (Å²) in [6.07, 6.45) is 11.2. The van der Waals surface area contributed by atoms with Gasteiger partial charge in [0, 0.05) is 13.0 Å². The number of nitrogens with zero attached hydrogens (tertiary/aromatic N) is 1. The maximum absolute atomic E-state index is 11.8. The summed E-state index contributed by atoms with van der Waals surface area (Å²) in [5.41, 5.74) is 1.43. The summed E-state index contributed by atoms with van der Waals surface area (Å²) in [5.74, 6) is 0.692. The second-order valence-electron chi connectivity index (χ2n) is 7.28. The van der Waals surface area contributed by atoms with Crippen molar-refractivity contribution >= 4 is 5.97 Å². The number of rotatable bonds is 7. The molecular weight excluding hydrogens is 318 g/mol. The quantitative estimate of drug-likeness (QED) is 0.664. The Morgan fingerprint density at radius 3 is 2.92 bits per heavy atom. The largest absolute Gasteiger partial charge is 0.493 e. The fourth-order valence-corrected chi connectivity index (χ4v) is 3.64. The lowest BCUT2D eigenvalue weighted by Crippen LogP contribution is -2.40. The maximum Gasteiger partial charge on any atom is 0.310 e. The predicted molar refractivity (Wildman–Crippen MR) is 95.7 cm³/mol. The van der Waals surface area contributed by atoms with Crippen LogP contribution in [-0.2, 0) is 19.0 Å². The van der Waals surface area contributed by atoms with Crippen molar-refractivity contribution in [3.63, 3.8) is 0 Å². The third kappa shape index (κ3) is 3.25. The summed E-state index contributed by atoms with van der Waals surface area (Å²) in [6.45, 7) is 5.92. The van der Waals surface area contributed by atoms with Gasteiger partial charge in [-0.25, -0.2) is 0 Å². The number of esters is 1. The van der Waals surface area contributed by atoms with Gasteiger partial charge >= 0.3 is 5.97 Å². The van der Waals surface area contributed by atoms with E-state index in [-0.39, 0.29) is 17.8 Å². The van der Waals surface area contributed by atoms with Crippen LogP contribution in [0.15, 0.2) is 47.5 Å². The van der Waals surface area contributed by atoms with E-state index in [1.807, 2.05) is 21.0 Å². The van der Waals surface area contributed by atoms with Crippen LogP contribution in [0.3, 0.4) is 0 Å². The van der Waals surface area contributed by atoms with E-state index >= 15 is 0 Å². The number of carbonyl (C=O) groups is 1. The first kappa shape index (κ1) is 17.8. The van der Waals surface area contributed by atoms with E-state index in [9.17, 15) is 4.79 Å². The van der Waals surface area contributed by atoms with E-state index in [0.29, 0.717) is 19.6 Å². The summed E-state index contributed by atoms with van der Waals surface area (Å²) >= 11 is 0. The summed E-state index contributed by atoms with van der Waals surface area (Å²) in [4.78, 5) is 13.8. The molecule has 2 atom stereocenters. The number of carbonyl (C=O) groups excluding carboxylic acids is 1. The minimum Gasteiger partial charge on any atom is -0.493 e.